The quantitative estimate of drug-likeness (QED) is 0.838. The normalized spacial score (nSPS) is 13.2. The number of nitrogens with two attached hydrogens (primary N) is 1. The smallest absolute Gasteiger partial charge is 0.241 e. The molecule has 0 heterocycles. The number of ether oxygens (including phenoxy) is 1. The van der Waals surface area contributed by atoms with Crippen molar-refractivity contribution in [2.24, 2.45) is 5.14 Å². The Morgan fingerprint density at radius 2 is 2.06 bits per heavy atom. The first-order valence-corrected chi connectivity index (χ1v) is 6.61. The minimum Gasteiger partial charge on any atom is -0.495 e. The molecule has 0 aliphatic rings. The summed E-state index contributed by atoms with van der Waals surface area (Å²) in [5.74, 6) is -0.166. The molecular weight excluding hydrogens is 266 g/mol. The number of carbonyl (C=O) groups is 1. The second kappa shape index (κ2) is 5.03. The zero-order chi connectivity index (χ0) is 13.2. The number of hydrogen-bond acceptors (Lipinski definition) is 4. The minimum atomic E-state index is -3.92. The van der Waals surface area contributed by atoms with E-state index in [0.717, 1.165) is 0 Å². The van der Waals surface area contributed by atoms with Crippen LogP contribution in [0.3, 0.4) is 0 Å². The number of methoxy groups -OCH3 is 1. The molecule has 1 rings (SSSR count). The molecule has 17 heavy (non-hydrogen) atoms. The van der Waals surface area contributed by atoms with Gasteiger partial charge in [0.25, 0.3) is 0 Å². The predicted octanol–water partition coefficient (Wildman–Crippen LogP) is 1.21. The average molecular weight is 278 g/mol. The lowest BCUT2D eigenvalue weighted by molar-refractivity contribution is -0.116. The Morgan fingerprint density at radius 1 is 1.47 bits per heavy atom. The number of sulfonamides is 1. The number of primary sulfonamides is 1. The summed E-state index contributed by atoms with van der Waals surface area (Å²) in [6.07, 6.45) is 0. The maximum atomic E-state index is 11.3. The second-order valence-electron chi connectivity index (χ2n) is 3.43. The van der Waals surface area contributed by atoms with Crippen LogP contribution in [0.5, 0.6) is 5.75 Å². The zero-order valence-corrected chi connectivity index (χ0v) is 10.9. The third-order valence-electron chi connectivity index (χ3n) is 2.14. The molecule has 7 heteroatoms. The average Bonchev–Trinajstić information content (AvgIpc) is 2.25. The summed E-state index contributed by atoms with van der Waals surface area (Å²) in [5.41, 5.74) is 0.365. The first kappa shape index (κ1) is 14.0. The van der Waals surface area contributed by atoms with E-state index in [0.29, 0.717) is 5.56 Å². The molecule has 0 aliphatic heterocycles. The van der Waals surface area contributed by atoms with E-state index in [2.05, 4.69) is 0 Å². The fourth-order valence-electron chi connectivity index (χ4n) is 1.31. The molecule has 0 radical (unpaired) electrons. The van der Waals surface area contributed by atoms with Gasteiger partial charge in [0.2, 0.25) is 10.0 Å². The number of carbonyl (C=O) groups excluding carboxylic acids is 1. The van der Waals surface area contributed by atoms with E-state index in [1.165, 1.54) is 32.2 Å². The number of ketones is 1. The van der Waals surface area contributed by atoms with Crippen molar-refractivity contribution in [2.75, 3.05) is 7.11 Å². The van der Waals surface area contributed by atoms with Crippen molar-refractivity contribution in [3.63, 3.8) is 0 Å². The lowest BCUT2D eigenvalue weighted by Crippen LogP contribution is -2.14. The van der Waals surface area contributed by atoms with Crippen LogP contribution >= 0.6 is 11.6 Å². The highest BCUT2D eigenvalue weighted by Gasteiger charge is 2.20. The molecule has 1 aromatic rings. The van der Waals surface area contributed by atoms with Gasteiger partial charge in [0.05, 0.1) is 7.11 Å². The fourth-order valence-corrected chi connectivity index (χ4v) is 2.18. The molecular formula is C10H12ClNO4S. The highest BCUT2D eigenvalue weighted by atomic mass is 35.5. The van der Waals surface area contributed by atoms with Crippen LogP contribution in [0.2, 0.25) is 0 Å². The van der Waals surface area contributed by atoms with Crippen molar-refractivity contribution in [3.8, 4) is 5.75 Å². The second-order valence-corrected chi connectivity index (χ2v) is 5.39. The third-order valence-corrected chi connectivity index (χ3v) is 3.64. The summed E-state index contributed by atoms with van der Waals surface area (Å²) in [7, 11) is -2.60. The van der Waals surface area contributed by atoms with Gasteiger partial charge in [0.1, 0.15) is 16.0 Å². The standard InChI is InChI=1S/C10H12ClNO4S/c1-6(13)10(11)7-3-4-8(16-2)9(5-7)17(12,14)15/h3-5,10H,1-2H3,(H2,12,14,15). The molecule has 0 aliphatic carbocycles. The Morgan fingerprint density at radius 3 is 2.47 bits per heavy atom. The molecule has 5 nitrogen and oxygen atoms in total. The van der Waals surface area contributed by atoms with Crippen LogP contribution in [0.4, 0.5) is 0 Å². The number of hydrogen-bond donors (Lipinski definition) is 1. The van der Waals surface area contributed by atoms with E-state index in [9.17, 15) is 13.2 Å². The zero-order valence-electron chi connectivity index (χ0n) is 9.31. The van der Waals surface area contributed by atoms with E-state index >= 15 is 0 Å². The van der Waals surface area contributed by atoms with Gasteiger partial charge in [-0.05, 0) is 24.6 Å². The van der Waals surface area contributed by atoms with Gasteiger partial charge in [-0.1, -0.05) is 6.07 Å². The van der Waals surface area contributed by atoms with Gasteiger partial charge in [0.15, 0.2) is 5.78 Å². The van der Waals surface area contributed by atoms with E-state index in [4.69, 9.17) is 21.5 Å². The Bertz CT molecular complexity index is 541. The van der Waals surface area contributed by atoms with Crippen molar-refractivity contribution in [1.82, 2.24) is 0 Å². The van der Waals surface area contributed by atoms with Crippen molar-refractivity contribution in [3.05, 3.63) is 23.8 Å². The SMILES string of the molecule is COc1ccc(C(Cl)C(C)=O)cc1S(N)(=O)=O. The van der Waals surface area contributed by atoms with Gasteiger partial charge >= 0.3 is 0 Å². The first-order chi connectivity index (χ1) is 7.77. The van der Waals surface area contributed by atoms with Crippen LogP contribution in [0.1, 0.15) is 17.9 Å². The van der Waals surface area contributed by atoms with Crippen molar-refractivity contribution < 1.29 is 17.9 Å². The van der Waals surface area contributed by atoms with Crippen molar-refractivity contribution in [2.45, 2.75) is 17.2 Å². The fraction of sp³-hybridized carbons (Fsp3) is 0.300. The van der Waals surface area contributed by atoms with Crippen LogP contribution in [0.15, 0.2) is 23.1 Å². The maximum absolute atomic E-state index is 11.3. The van der Waals surface area contributed by atoms with E-state index in [1.807, 2.05) is 0 Å². The summed E-state index contributed by atoms with van der Waals surface area (Å²) < 4.78 is 27.5. The van der Waals surface area contributed by atoms with Gasteiger partial charge in [-0.2, -0.15) is 0 Å². The third kappa shape index (κ3) is 3.18. The molecule has 1 unspecified atom stereocenters. The highest BCUT2D eigenvalue weighted by Crippen LogP contribution is 2.29. The molecule has 0 fully saturated rings. The van der Waals surface area contributed by atoms with Crippen molar-refractivity contribution >= 4 is 27.4 Å². The molecule has 0 aromatic heterocycles. The molecule has 0 saturated heterocycles. The largest absolute Gasteiger partial charge is 0.495 e. The number of alkyl halides is 1. The number of halogens is 1. The minimum absolute atomic E-state index is 0.115. The molecule has 0 bridgehead atoms. The first-order valence-electron chi connectivity index (χ1n) is 4.62. The van der Waals surface area contributed by atoms with E-state index in [-0.39, 0.29) is 16.4 Å². The molecule has 1 atom stereocenters. The van der Waals surface area contributed by atoms with Crippen LogP contribution in [0, 0.1) is 0 Å². The molecule has 0 spiro atoms. The predicted molar refractivity (Wildman–Crippen MR) is 63.6 cm³/mol. The number of rotatable bonds is 4. The van der Waals surface area contributed by atoms with Crippen molar-refractivity contribution in [1.29, 1.82) is 0 Å². The van der Waals surface area contributed by atoms with Crippen LogP contribution in [0.25, 0.3) is 0 Å². The summed E-state index contributed by atoms with van der Waals surface area (Å²) >= 11 is 5.83. The van der Waals surface area contributed by atoms with Crippen LogP contribution in [-0.2, 0) is 14.8 Å². The van der Waals surface area contributed by atoms with Gasteiger partial charge in [-0.25, -0.2) is 13.6 Å². The number of Topliss-reactive ketones (excluding diaryl/α,β-unsaturated/α-hetero) is 1. The topological polar surface area (TPSA) is 86.5 Å². The molecule has 1 aromatic carbocycles. The molecule has 94 valence electrons. The summed E-state index contributed by atoms with van der Waals surface area (Å²) in [6.45, 7) is 1.32. The Labute approximate surface area is 105 Å². The van der Waals surface area contributed by atoms with Gasteiger partial charge in [-0.3, -0.25) is 4.79 Å². The lowest BCUT2D eigenvalue weighted by Gasteiger charge is -2.11. The summed E-state index contributed by atoms with van der Waals surface area (Å²) in [5, 5.41) is 4.14. The van der Waals surface area contributed by atoms with E-state index < -0.39 is 15.4 Å². The molecule has 2 N–H and O–H groups in total. The Balaban J connectivity index is 3.38. The summed E-state index contributed by atoms with van der Waals surface area (Å²) in [4.78, 5) is 10.9. The highest BCUT2D eigenvalue weighted by molar-refractivity contribution is 7.89. The lowest BCUT2D eigenvalue weighted by atomic mass is 10.1. The van der Waals surface area contributed by atoms with Gasteiger partial charge < -0.3 is 4.74 Å². The van der Waals surface area contributed by atoms with Gasteiger partial charge in [0, 0.05) is 0 Å². The van der Waals surface area contributed by atoms with Crippen LogP contribution < -0.4 is 9.88 Å². The Kier molecular flexibility index (Phi) is 4.13. The molecule has 0 amide bonds. The molecule has 0 saturated carbocycles. The monoisotopic (exact) mass is 277 g/mol. The summed E-state index contributed by atoms with van der Waals surface area (Å²) in [6, 6.07) is 4.17. The van der Waals surface area contributed by atoms with Crippen LogP contribution in [-0.4, -0.2) is 21.3 Å². The van der Waals surface area contributed by atoms with Gasteiger partial charge in [-0.15, -0.1) is 11.6 Å². The number of benzene rings is 1. The Hall–Kier alpha value is -1.11. The van der Waals surface area contributed by atoms with E-state index in [1.54, 1.807) is 0 Å². The maximum Gasteiger partial charge on any atom is 0.241 e.